The lowest BCUT2D eigenvalue weighted by Crippen LogP contribution is -2.53. The summed E-state index contributed by atoms with van der Waals surface area (Å²) in [6.07, 6.45) is 4.13. The van der Waals surface area contributed by atoms with Gasteiger partial charge in [-0.25, -0.2) is 4.98 Å². The summed E-state index contributed by atoms with van der Waals surface area (Å²) in [5.74, 6) is 0.164. The summed E-state index contributed by atoms with van der Waals surface area (Å²) in [7, 11) is 1.82. The molecule has 0 saturated heterocycles. The Hall–Kier alpha value is -1.98. The third-order valence-corrected chi connectivity index (χ3v) is 8.87. The van der Waals surface area contributed by atoms with E-state index in [1.807, 2.05) is 20.0 Å². The van der Waals surface area contributed by atoms with Crippen molar-refractivity contribution in [2.75, 3.05) is 13.6 Å². The number of likely N-dealkylation sites (N-methyl/N-ethyl adjacent to an activating group) is 1. The number of thiazole rings is 1. The second kappa shape index (κ2) is 8.51. The summed E-state index contributed by atoms with van der Waals surface area (Å²) in [4.78, 5) is 21.0. The highest BCUT2D eigenvalue weighted by Gasteiger charge is 2.54. The smallest absolute Gasteiger partial charge is 0.225 e. The van der Waals surface area contributed by atoms with E-state index in [0.717, 1.165) is 35.5 Å². The number of aliphatic hydroxyl groups is 1. The maximum atomic E-state index is 12.9. The van der Waals surface area contributed by atoms with Gasteiger partial charge in [-0.05, 0) is 36.5 Å². The van der Waals surface area contributed by atoms with Crippen molar-refractivity contribution in [1.82, 2.24) is 9.88 Å². The largest absolute Gasteiger partial charge is 0.392 e. The van der Waals surface area contributed by atoms with Crippen molar-refractivity contribution in [3.05, 3.63) is 53.6 Å². The number of aliphatic hydroxyl groups excluding tert-OH is 1. The second-order valence-electron chi connectivity index (χ2n) is 9.83. The number of benzene rings is 1. The van der Waals surface area contributed by atoms with Crippen LogP contribution in [0.25, 0.3) is 10.6 Å². The highest BCUT2D eigenvalue weighted by atomic mass is 32.1. The van der Waals surface area contributed by atoms with Gasteiger partial charge in [-0.1, -0.05) is 57.2 Å². The van der Waals surface area contributed by atoms with Gasteiger partial charge in [0.2, 0.25) is 5.91 Å². The van der Waals surface area contributed by atoms with Crippen molar-refractivity contribution < 1.29 is 9.90 Å². The molecule has 5 heteroatoms. The maximum Gasteiger partial charge on any atom is 0.225 e. The molecule has 1 aromatic carbocycles. The van der Waals surface area contributed by atoms with Crippen LogP contribution in [0.15, 0.2) is 43.0 Å². The fourth-order valence-corrected chi connectivity index (χ4v) is 7.43. The highest BCUT2D eigenvalue weighted by molar-refractivity contribution is 7.15. The monoisotopic (exact) mass is 438 g/mol. The van der Waals surface area contributed by atoms with Crippen LogP contribution in [-0.4, -0.2) is 40.6 Å². The van der Waals surface area contributed by atoms with E-state index in [2.05, 4.69) is 44.7 Å². The van der Waals surface area contributed by atoms with E-state index in [9.17, 15) is 9.90 Å². The van der Waals surface area contributed by atoms with Crippen LogP contribution >= 0.6 is 11.3 Å². The van der Waals surface area contributed by atoms with E-state index in [1.54, 1.807) is 22.3 Å². The van der Waals surface area contributed by atoms with Gasteiger partial charge in [0.05, 0.1) is 11.8 Å². The van der Waals surface area contributed by atoms with Crippen LogP contribution in [0.1, 0.15) is 50.1 Å². The van der Waals surface area contributed by atoms with E-state index < -0.39 is 6.10 Å². The van der Waals surface area contributed by atoms with Gasteiger partial charge in [0, 0.05) is 35.9 Å². The van der Waals surface area contributed by atoms with Crippen LogP contribution in [0.3, 0.4) is 0 Å². The molecule has 1 aromatic heterocycles. The first-order valence-corrected chi connectivity index (χ1v) is 12.2. The molecule has 4 nitrogen and oxygen atoms in total. The molecule has 1 heterocycles. The summed E-state index contributed by atoms with van der Waals surface area (Å²) < 4.78 is 0. The molecule has 31 heavy (non-hydrogen) atoms. The third kappa shape index (κ3) is 3.87. The van der Waals surface area contributed by atoms with E-state index in [1.165, 1.54) is 4.88 Å². The number of hydrogen-bond acceptors (Lipinski definition) is 4. The number of rotatable bonds is 5. The van der Waals surface area contributed by atoms with E-state index >= 15 is 0 Å². The van der Waals surface area contributed by atoms with E-state index in [0.29, 0.717) is 6.54 Å². The molecule has 2 aromatic rings. The lowest BCUT2D eigenvalue weighted by Gasteiger charge is -2.53. The number of hydrogen-bond donors (Lipinski definition) is 1. The Morgan fingerprint density at radius 2 is 2.13 bits per heavy atom. The molecule has 0 spiro atoms. The molecule has 1 saturated carbocycles. The molecule has 4 rings (SSSR count). The molecule has 1 fully saturated rings. The number of amides is 1. The van der Waals surface area contributed by atoms with Crippen LogP contribution in [0.4, 0.5) is 0 Å². The Bertz CT molecular complexity index is 956. The first-order valence-electron chi connectivity index (χ1n) is 11.4. The van der Waals surface area contributed by atoms with Gasteiger partial charge >= 0.3 is 0 Å². The number of nitrogens with zero attached hydrogens (tertiary/aromatic N) is 2. The average molecular weight is 439 g/mol. The van der Waals surface area contributed by atoms with Crippen molar-refractivity contribution in [1.29, 1.82) is 0 Å². The predicted octanol–water partition coefficient (Wildman–Crippen LogP) is 5.14. The molecular weight excluding hydrogens is 404 g/mol. The van der Waals surface area contributed by atoms with Crippen LogP contribution in [0.5, 0.6) is 0 Å². The van der Waals surface area contributed by atoms with E-state index in [-0.39, 0.29) is 35.0 Å². The molecule has 0 radical (unpaired) electrons. The molecule has 1 N–H and O–H groups in total. The summed E-state index contributed by atoms with van der Waals surface area (Å²) in [5.41, 5.74) is 2.34. The molecule has 1 amide bonds. The Labute approximate surface area is 190 Å². The fourth-order valence-electron chi connectivity index (χ4n) is 6.07. The zero-order chi connectivity index (χ0) is 22.3. The zero-order valence-corrected chi connectivity index (χ0v) is 19.9. The SMILES string of the molecule is C=CCN(C)C(=O)[C@@H](C)[C@H]1CC[C@]2(C)Cc3sc(-c4ccccc4)nc3[C@H](C)[C@@H]2[C@H]1O. The number of aromatic nitrogens is 1. The van der Waals surface area contributed by atoms with Crippen LogP contribution in [0, 0.1) is 23.2 Å². The molecule has 0 unspecified atom stereocenters. The van der Waals surface area contributed by atoms with Gasteiger partial charge in [0.1, 0.15) is 5.01 Å². The highest BCUT2D eigenvalue weighted by Crippen LogP contribution is 2.57. The first kappa shape index (κ1) is 22.2. The van der Waals surface area contributed by atoms with Crippen molar-refractivity contribution in [3.8, 4) is 10.6 Å². The van der Waals surface area contributed by atoms with Crippen LogP contribution in [0.2, 0.25) is 0 Å². The van der Waals surface area contributed by atoms with Gasteiger partial charge in [-0.3, -0.25) is 4.79 Å². The minimum Gasteiger partial charge on any atom is -0.392 e. The Morgan fingerprint density at radius 1 is 1.42 bits per heavy atom. The number of carbonyl (C=O) groups excluding carboxylic acids is 1. The Balaban J connectivity index is 1.61. The van der Waals surface area contributed by atoms with Gasteiger partial charge in [-0.15, -0.1) is 17.9 Å². The Kier molecular flexibility index (Phi) is 6.10. The Morgan fingerprint density at radius 3 is 2.81 bits per heavy atom. The molecule has 2 aliphatic rings. The maximum absolute atomic E-state index is 12.9. The summed E-state index contributed by atoms with van der Waals surface area (Å²) in [5, 5.41) is 12.6. The summed E-state index contributed by atoms with van der Waals surface area (Å²) in [6, 6.07) is 10.4. The van der Waals surface area contributed by atoms with Crippen molar-refractivity contribution in [2.24, 2.45) is 23.2 Å². The van der Waals surface area contributed by atoms with E-state index in [4.69, 9.17) is 4.98 Å². The first-order chi connectivity index (χ1) is 14.8. The lowest BCUT2D eigenvalue weighted by atomic mass is 9.53. The molecular formula is C26H34N2O2S. The third-order valence-electron chi connectivity index (χ3n) is 7.75. The van der Waals surface area contributed by atoms with Crippen molar-refractivity contribution >= 4 is 17.2 Å². The minimum absolute atomic E-state index is 0.0194. The van der Waals surface area contributed by atoms with Gasteiger partial charge in [0.15, 0.2) is 0 Å². The number of fused-ring (bicyclic) bond motifs is 2. The number of carbonyl (C=O) groups is 1. The average Bonchev–Trinajstić information content (AvgIpc) is 3.17. The topological polar surface area (TPSA) is 53.4 Å². The molecule has 0 bridgehead atoms. The van der Waals surface area contributed by atoms with Crippen molar-refractivity contribution in [2.45, 2.75) is 52.1 Å². The fraction of sp³-hybridized carbons (Fsp3) is 0.538. The quantitative estimate of drug-likeness (QED) is 0.658. The summed E-state index contributed by atoms with van der Waals surface area (Å²) >= 11 is 1.81. The molecule has 166 valence electrons. The molecule has 2 aliphatic carbocycles. The predicted molar refractivity (Wildman–Crippen MR) is 127 cm³/mol. The van der Waals surface area contributed by atoms with Gasteiger partial charge < -0.3 is 10.0 Å². The molecule has 6 atom stereocenters. The minimum atomic E-state index is -0.500. The van der Waals surface area contributed by atoms with Crippen LogP contribution in [-0.2, 0) is 11.2 Å². The second-order valence-corrected chi connectivity index (χ2v) is 10.9. The van der Waals surface area contributed by atoms with Gasteiger partial charge in [0.25, 0.3) is 0 Å². The normalized spacial score (nSPS) is 30.7. The zero-order valence-electron chi connectivity index (χ0n) is 19.0. The summed E-state index contributed by atoms with van der Waals surface area (Å²) in [6.45, 7) is 10.8. The van der Waals surface area contributed by atoms with Gasteiger partial charge in [-0.2, -0.15) is 0 Å². The standard InChI is InChI=1S/C26H34N2O2S/c1-6-14-28(5)25(30)16(2)19-12-13-26(4)15-20-22(17(3)21(26)23(19)29)27-24(31-20)18-10-8-7-9-11-18/h6-11,16-17,19,21,23,29H,1,12-15H2,2-5H3/t16-,17+,19+,21+,23-,26+/m0/s1. The lowest BCUT2D eigenvalue weighted by molar-refractivity contribution is -0.143. The van der Waals surface area contributed by atoms with Crippen molar-refractivity contribution in [3.63, 3.8) is 0 Å². The van der Waals surface area contributed by atoms with Crippen LogP contribution < -0.4 is 0 Å². The molecule has 0 aliphatic heterocycles.